The largest absolute Gasteiger partial charge is 0.414 e. The molecule has 0 unspecified atom stereocenters. The maximum atomic E-state index is 9.69. The summed E-state index contributed by atoms with van der Waals surface area (Å²) in [5.74, 6) is 0. The Hall–Kier alpha value is 0.827. The minimum absolute atomic E-state index is 0.133. The summed E-state index contributed by atoms with van der Waals surface area (Å²) in [5.41, 5.74) is 0. The number of halogens is 1. The molecular weight excluding hydrogens is 347 g/mol. The Bertz CT molecular complexity index is 253. The fraction of sp³-hybridized carbons (Fsp3) is 1.00. The van der Waals surface area contributed by atoms with E-state index in [9.17, 15) is 5.11 Å². The predicted octanol–water partition coefficient (Wildman–Crippen LogP) is 3.31. The molecule has 5 heteroatoms. The molecule has 1 heterocycles. The van der Waals surface area contributed by atoms with Crippen LogP contribution in [0, 0.1) is 0 Å². The highest BCUT2D eigenvalue weighted by Crippen LogP contribution is 2.39. The topological polar surface area (TPSA) is 38.7 Å². The summed E-state index contributed by atoms with van der Waals surface area (Å²) in [5, 5.41) is 9.91. The molecule has 17 heavy (non-hydrogen) atoms. The first kappa shape index (κ1) is 15.9. The van der Waals surface area contributed by atoms with E-state index in [1.165, 1.54) is 0 Å². The highest BCUT2D eigenvalue weighted by molar-refractivity contribution is 14.1. The summed E-state index contributed by atoms with van der Waals surface area (Å²) < 4.78 is 12.7. The molecule has 102 valence electrons. The molecule has 1 saturated heterocycles. The minimum atomic E-state index is -1.73. The van der Waals surface area contributed by atoms with Gasteiger partial charge >= 0.3 is 0 Å². The third-order valence-corrected chi connectivity index (χ3v) is 9.30. The second-order valence-corrected chi connectivity index (χ2v) is 12.0. The standard InChI is InChI=1S/C12H25IO3Si/c1-12(2,3)17(4,5)16-9-6-10(8-13)15-11(14)7-9/h9-11,14H,6-8H2,1-5H3/t9-,10+,11+/m1/s1. The number of rotatable bonds is 3. The monoisotopic (exact) mass is 372 g/mol. The van der Waals surface area contributed by atoms with E-state index in [4.69, 9.17) is 9.16 Å². The van der Waals surface area contributed by atoms with Crippen LogP contribution in [-0.4, -0.2) is 36.3 Å². The van der Waals surface area contributed by atoms with E-state index in [2.05, 4.69) is 56.5 Å². The molecule has 0 amide bonds. The zero-order valence-electron chi connectivity index (χ0n) is 11.5. The van der Waals surface area contributed by atoms with Crippen LogP contribution >= 0.6 is 22.6 Å². The summed E-state index contributed by atoms with van der Waals surface area (Å²) in [4.78, 5) is 0. The van der Waals surface area contributed by atoms with Crippen molar-refractivity contribution in [2.45, 2.75) is 70.2 Å². The second kappa shape index (κ2) is 5.86. The third-order valence-electron chi connectivity index (χ3n) is 3.78. The fourth-order valence-electron chi connectivity index (χ4n) is 1.74. The molecule has 1 rings (SSSR count). The summed E-state index contributed by atoms with van der Waals surface area (Å²) in [6.45, 7) is 11.2. The maximum Gasteiger partial charge on any atom is 0.192 e. The molecule has 0 aliphatic carbocycles. The number of aliphatic hydroxyl groups excluding tert-OH is 1. The van der Waals surface area contributed by atoms with E-state index >= 15 is 0 Å². The van der Waals surface area contributed by atoms with Crippen molar-refractivity contribution in [3.63, 3.8) is 0 Å². The van der Waals surface area contributed by atoms with Crippen molar-refractivity contribution in [3.8, 4) is 0 Å². The van der Waals surface area contributed by atoms with Crippen molar-refractivity contribution in [1.82, 2.24) is 0 Å². The van der Waals surface area contributed by atoms with E-state index in [0.29, 0.717) is 6.42 Å². The highest BCUT2D eigenvalue weighted by atomic mass is 127. The van der Waals surface area contributed by atoms with Crippen LogP contribution in [0.25, 0.3) is 0 Å². The van der Waals surface area contributed by atoms with E-state index in [1.807, 2.05) is 0 Å². The first-order valence-corrected chi connectivity index (χ1v) is 10.7. The van der Waals surface area contributed by atoms with Crippen molar-refractivity contribution >= 4 is 30.9 Å². The van der Waals surface area contributed by atoms with Crippen LogP contribution in [0.15, 0.2) is 0 Å². The molecule has 0 spiro atoms. The van der Waals surface area contributed by atoms with Gasteiger partial charge in [-0.2, -0.15) is 0 Å². The normalized spacial score (nSPS) is 31.6. The Morgan fingerprint density at radius 3 is 2.41 bits per heavy atom. The summed E-state index contributed by atoms with van der Waals surface area (Å²) in [6.07, 6.45) is 1.15. The van der Waals surface area contributed by atoms with Crippen LogP contribution in [0.3, 0.4) is 0 Å². The summed E-state index contributed by atoms with van der Waals surface area (Å²) in [7, 11) is -1.73. The lowest BCUT2D eigenvalue weighted by Gasteiger charge is -2.42. The summed E-state index contributed by atoms with van der Waals surface area (Å²) in [6, 6.07) is 0. The van der Waals surface area contributed by atoms with Gasteiger partial charge in [0.15, 0.2) is 14.6 Å². The van der Waals surface area contributed by atoms with Crippen molar-refractivity contribution in [3.05, 3.63) is 0 Å². The van der Waals surface area contributed by atoms with E-state index in [0.717, 1.165) is 10.8 Å². The lowest BCUT2D eigenvalue weighted by atomic mass is 10.1. The van der Waals surface area contributed by atoms with Gasteiger partial charge in [0.1, 0.15) is 0 Å². The lowest BCUT2D eigenvalue weighted by molar-refractivity contribution is -0.179. The Morgan fingerprint density at radius 1 is 1.35 bits per heavy atom. The number of hydrogen-bond donors (Lipinski definition) is 1. The second-order valence-electron chi connectivity index (χ2n) is 6.34. The fourth-order valence-corrected chi connectivity index (χ4v) is 3.68. The number of ether oxygens (including phenoxy) is 1. The van der Waals surface area contributed by atoms with Gasteiger partial charge in [0.05, 0.1) is 12.2 Å². The maximum absolute atomic E-state index is 9.69. The van der Waals surface area contributed by atoms with Gasteiger partial charge in [-0.05, 0) is 24.6 Å². The molecule has 0 saturated carbocycles. The van der Waals surface area contributed by atoms with Crippen molar-refractivity contribution in [1.29, 1.82) is 0 Å². The molecular formula is C12H25IO3Si. The molecule has 1 fully saturated rings. The molecule has 0 aromatic carbocycles. The Morgan fingerprint density at radius 2 is 1.94 bits per heavy atom. The Kier molecular flexibility index (Phi) is 5.47. The van der Waals surface area contributed by atoms with Crippen LogP contribution in [0.4, 0.5) is 0 Å². The van der Waals surface area contributed by atoms with Crippen molar-refractivity contribution in [2.24, 2.45) is 0 Å². The van der Waals surface area contributed by atoms with Gasteiger partial charge in [-0.1, -0.05) is 43.4 Å². The molecule has 0 aromatic heterocycles. The molecule has 0 bridgehead atoms. The van der Waals surface area contributed by atoms with Crippen LogP contribution in [-0.2, 0) is 9.16 Å². The van der Waals surface area contributed by atoms with Crippen LogP contribution < -0.4 is 0 Å². The Labute approximate surface area is 120 Å². The lowest BCUT2D eigenvalue weighted by Crippen LogP contribution is -2.48. The molecule has 1 N–H and O–H groups in total. The summed E-state index contributed by atoms with van der Waals surface area (Å²) >= 11 is 2.30. The number of hydrogen-bond acceptors (Lipinski definition) is 3. The van der Waals surface area contributed by atoms with Gasteiger partial charge in [0.2, 0.25) is 0 Å². The SMILES string of the molecule is CC(C)(C)[Si](C)(C)O[C@@H]1C[C@@H](CI)O[C@H](O)C1. The molecule has 1 aliphatic heterocycles. The molecule has 1 aliphatic rings. The third kappa shape index (κ3) is 4.45. The van der Waals surface area contributed by atoms with Crippen LogP contribution in [0.2, 0.25) is 18.1 Å². The zero-order valence-corrected chi connectivity index (χ0v) is 14.7. The first-order chi connectivity index (χ1) is 7.65. The van der Waals surface area contributed by atoms with Gasteiger partial charge in [-0.15, -0.1) is 0 Å². The molecule has 3 atom stereocenters. The van der Waals surface area contributed by atoms with Gasteiger partial charge in [0.25, 0.3) is 0 Å². The smallest absolute Gasteiger partial charge is 0.192 e. The van der Waals surface area contributed by atoms with E-state index < -0.39 is 14.6 Å². The number of alkyl halides is 1. The predicted molar refractivity (Wildman–Crippen MR) is 81.1 cm³/mol. The average molecular weight is 372 g/mol. The number of aliphatic hydroxyl groups is 1. The first-order valence-electron chi connectivity index (χ1n) is 6.23. The van der Waals surface area contributed by atoms with Gasteiger partial charge < -0.3 is 14.3 Å². The van der Waals surface area contributed by atoms with Crippen LogP contribution in [0.1, 0.15) is 33.6 Å². The quantitative estimate of drug-likeness (QED) is 0.469. The average Bonchev–Trinajstić information content (AvgIpc) is 2.14. The van der Waals surface area contributed by atoms with E-state index in [1.54, 1.807) is 0 Å². The minimum Gasteiger partial charge on any atom is -0.414 e. The van der Waals surface area contributed by atoms with E-state index in [-0.39, 0.29) is 17.2 Å². The van der Waals surface area contributed by atoms with Crippen LogP contribution in [0.5, 0.6) is 0 Å². The zero-order chi connectivity index (χ0) is 13.3. The molecule has 0 radical (unpaired) electrons. The molecule has 3 nitrogen and oxygen atoms in total. The molecule has 0 aromatic rings. The van der Waals surface area contributed by atoms with Gasteiger partial charge in [-0.25, -0.2) is 0 Å². The van der Waals surface area contributed by atoms with Crippen molar-refractivity contribution in [2.75, 3.05) is 4.43 Å². The van der Waals surface area contributed by atoms with Crippen molar-refractivity contribution < 1.29 is 14.3 Å². The van der Waals surface area contributed by atoms with Gasteiger partial charge in [-0.3, -0.25) is 0 Å². The highest BCUT2D eigenvalue weighted by Gasteiger charge is 2.41. The Balaban J connectivity index is 2.62. The van der Waals surface area contributed by atoms with Gasteiger partial charge in [0, 0.05) is 10.8 Å².